The minimum absolute atomic E-state index is 0.0556. The van der Waals surface area contributed by atoms with Gasteiger partial charge in [-0.15, -0.1) is 0 Å². The molecule has 0 saturated carbocycles. The fourth-order valence-electron chi connectivity index (χ4n) is 2.70. The fourth-order valence-corrected chi connectivity index (χ4v) is 2.70. The Morgan fingerprint density at radius 1 is 1.26 bits per heavy atom. The minimum atomic E-state index is -0.446. The molecule has 0 aliphatic heterocycles. The summed E-state index contributed by atoms with van der Waals surface area (Å²) in [4.78, 5) is 28.2. The average Bonchev–Trinajstić information content (AvgIpc) is 2.82. The molecule has 19 heavy (non-hydrogen) atoms. The molecule has 1 unspecified atom stereocenters. The quantitative estimate of drug-likeness (QED) is 0.848. The highest BCUT2D eigenvalue weighted by atomic mass is 16.5. The van der Waals surface area contributed by atoms with Crippen molar-refractivity contribution in [3.8, 4) is 5.75 Å². The molecule has 1 aromatic heterocycles. The molecule has 0 amide bonds. The van der Waals surface area contributed by atoms with Crippen molar-refractivity contribution in [1.82, 2.24) is 9.97 Å². The first-order valence-corrected chi connectivity index (χ1v) is 6.18. The first kappa shape index (κ1) is 11.8. The van der Waals surface area contributed by atoms with Crippen LogP contribution in [0.25, 0.3) is 0 Å². The van der Waals surface area contributed by atoms with Gasteiger partial charge in [-0.3, -0.25) is 9.78 Å². The van der Waals surface area contributed by atoms with Crippen molar-refractivity contribution in [3.05, 3.63) is 61.9 Å². The summed E-state index contributed by atoms with van der Waals surface area (Å²) in [6, 6.07) is 7.72. The number of rotatable bonds is 2. The average molecular weight is 258 g/mol. The highest BCUT2D eigenvalue weighted by molar-refractivity contribution is 5.39. The zero-order valence-corrected chi connectivity index (χ0v) is 10.5. The van der Waals surface area contributed by atoms with Crippen molar-refractivity contribution >= 4 is 0 Å². The summed E-state index contributed by atoms with van der Waals surface area (Å²) < 4.78 is 5.21. The van der Waals surface area contributed by atoms with Crippen LogP contribution in [0, 0.1) is 0 Å². The number of aromatic amines is 2. The first-order chi connectivity index (χ1) is 9.19. The lowest BCUT2D eigenvalue weighted by Gasteiger charge is -2.12. The lowest BCUT2D eigenvalue weighted by molar-refractivity contribution is 0.414. The number of H-pyrrole nitrogens is 2. The second-order valence-corrected chi connectivity index (χ2v) is 4.67. The highest BCUT2D eigenvalue weighted by Crippen LogP contribution is 2.35. The van der Waals surface area contributed by atoms with Gasteiger partial charge in [-0.2, -0.15) is 0 Å². The monoisotopic (exact) mass is 258 g/mol. The largest absolute Gasteiger partial charge is 0.497 e. The van der Waals surface area contributed by atoms with E-state index in [1.165, 1.54) is 0 Å². The molecule has 0 radical (unpaired) electrons. The molecule has 2 aromatic rings. The molecule has 1 heterocycles. The molecule has 3 rings (SSSR count). The molecule has 5 nitrogen and oxygen atoms in total. The van der Waals surface area contributed by atoms with E-state index in [4.69, 9.17) is 4.74 Å². The number of hydrogen-bond donors (Lipinski definition) is 2. The summed E-state index contributed by atoms with van der Waals surface area (Å²) >= 11 is 0. The fraction of sp³-hybridized carbons (Fsp3) is 0.286. The molecular formula is C14H14N2O3. The molecule has 98 valence electrons. The van der Waals surface area contributed by atoms with Gasteiger partial charge in [0.25, 0.3) is 5.56 Å². The Morgan fingerprint density at radius 2 is 2.11 bits per heavy atom. The molecule has 1 atom stereocenters. The predicted molar refractivity (Wildman–Crippen MR) is 70.8 cm³/mol. The third-order valence-electron chi connectivity index (χ3n) is 3.60. The normalized spacial score (nSPS) is 17.2. The summed E-state index contributed by atoms with van der Waals surface area (Å²) in [5, 5.41) is 0. The smallest absolute Gasteiger partial charge is 0.325 e. The summed E-state index contributed by atoms with van der Waals surface area (Å²) in [6.07, 6.45) is 1.51. The maximum absolute atomic E-state index is 11.7. The Hall–Kier alpha value is -2.30. The van der Waals surface area contributed by atoms with Crippen LogP contribution in [-0.2, 0) is 6.42 Å². The second-order valence-electron chi connectivity index (χ2n) is 4.67. The van der Waals surface area contributed by atoms with Gasteiger partial charge >= 0.3 is 5.69 Å². The Morgan fingerprint density at radius 3 is 2.89 bits per heavy atom. The van der Waals surface area contributed by atoms with E-state index in [1.54, 1.807) is 7.11 Å². The van der Waals surface area contributed by atoms with Gasteiger partial charge in [0.1, 0.15) is 5.75 Å². The Bertz CT molecular complexity index is 730. The van der Waals surface area contributed by atoms with E-state index in [-0.39, 0.29) is 11.5 Å². The zero-order chi connectivity index (χ0) is 13.4. The van der Waals surface area contributed by atoms with Gasteiger partial charge in [-0.05, 0) is 30.5 Å². The molecule has 1 aliphatic rings. The maximum atomic E-state index is 11.7. The Balaban J connectivity index is 2.11. The lowest BCUT2D eigenvalue weighted by atomic mass is 9.96. The number of benzene rings is 1. The third-order valence-corrected chi connectivity index (χ3v) is 3.60. The van der Waals surface area contributed by atoms with Gasteiger partial charge in [-0.25, -0.2) is 4.79 Å². The summed E-state index contributed by atoms with van der Waals surface area (Å²) in [7, 11) is 1.62. The van der Waals surface area contributed by atoms with Gasteiger partial charge in [0, 0.05) is 17.2 Å². The van der Waals surface area contributed by atoms with Crippen LogP contribution in [0.4, 0.5) is 0 Å². The molecule has 5 heteroatoms. The zero-order valence-electron chi connectivity index (χ0n) is 10.5. The van der Waals surface area contributed by atoms with Gasteiger partial charge < -0.3 is 9.72 Å². The Labute approximate surface area is 109 Å². The topological polar surface area (TPSA) is 75.0 Å². The molecule has 0 bridgehead atoms. The molecule has 0 fully saturated rings. The minimum Gasteiger partial charge on any atom is -0.497 e. The second kappa shape index (κ2) is 4.42. The third kappa shape index (κ3) is 1.97. The summed E-state index contributed by atoms with van der Waals surface area (Å²) in [6.45, 7) is 0. The van der Waals surface area contributed by atoms with Crippen LogP contribution in [0.5, 0.6) is 5.75 Å². The van der Waals surface area contributed by atoms with E-state index in [1.807, 2.05) is 24.3 Å². The van der Waals surface area contributed by atoms with Gasteiger partial charge in [0.2, 0.25) is 0 Å². The standard InChI is InChI=1S/C14H14N2O3/c1-19-9-4-2-3-8(7-9)10-5-6-11-12(10)15-14(18)16-13(11)17/h2-4,7,10H,5-6H2,1H3,(H2,15,16,17,18). The number of fused-ring (bicyclic) bond motifs is 1. The van der Waals surface area contributed by atoms with E-state index in [2.05, 4.69) is 9.97 Å². The van der Waals surface area contributed by atoms with Crippen molar-refractivity contribution < 1.29 is 4.74 Å². The van der Waals surface area contributed by atoms with E-state index in [9.17, 15) is 9.59 Å². The van der Waals surface area contributed by atoms with Crippen molar-refractivity contribution in [2.75, 3.05) is 7.11 Å². The number of methoxy groups -OCH3 is 1. The van der Waals surface area contributed by atoms with Crippen LogP contribution in [0.2, 0.25) is 0 Å². The molecule has 1 aromatic carbocycles. The molecular weight excluding hydrogens is 244 g/mol. The number of nitrogens with one attached hydrogen (secondary N) is 2. The van der Waals surface area contributed by atoms with Crippen LogP contribution in [0.15, 0.2) is 33.9 Å². The lowest BCUT2D eigenvalue weighted by Crippen LogP contribution is -2.26. The van der Waals surface area contributed by atoms with Crippen LogP contribution in [-0.4, -0.2) is 17.1 Å². The van der Waals surface area contributed by atoms with E-state index in [0.717, 1.165) is 23.4 Å². The Kier molecular flexibility index (Phi) is 2.74. The predicted octanol–water partition coefficient (Wildman–Crippen LogP) is 1.15. The van der Waals surface area contributed by atoms with E-state index < -0.39 is 5.69 Å². The molecule has 2 N–H and O–H groups in total. The maximum Gasteiger partial charge on any atom is 0.325 e. The molecule has 0 saturated heterocycles. The van der Waals surface area contributed by atoms with Gasteiger partial charge in [0.15, 0.2) is 0 Å². The number of aromatic nitrogens is 2. The van der Waals surface area contributed by atoms with Crippen LogP contribution < -0.4 is 16.0 Å². The van der Waals surface area contributed by atoms with Gasteiger partial charge in [-0.1, -0.05) is 12.1 Å². The van der Waals surface area contributed by atoms with Crippen molar-refractivity contribution in [1.29, 1.82) is 0 Å². The molecule has 0 spiro atoms. The van der Waals surface area contributed by atoms with Crippen LogP contribution in [0.3, 0.4) is 0 Å². The molecule has 1 aliphatic carbocycles. The van der Waals surface area contributed by atoms with Crippen molar-refractivity contribution in [2.45, 2.75) is 18.8 Å². The van der Waals surface area contributed by atoms with Crippen LogP contribution >= 0.6 is 0 Å². The summed E-state index contributed by atoms with van der Waals surface area (Å²) in [5.74, 6) is 0.832. The number of ether oxygens (including phenoxy) is 1. The van der Waals surface area contributed by atoms with E-state index in [0.29, 0.717) is 12.0 Å². The van der Waals surface area contributed by atoms with Crippen LogP contribution in [0.1, 0.15) is 29.2 Å². The van der Waals surface area contributed by atoms with Crippen molar-refractivity contribution in [2.24, 2.45) is 0 Å². The first-order valence-electron chi connectivity index (χ1n) is 6.18. The SMILES string of the molecule is COc1cccc(C2CCc3c2[nH]c(=O)[nH]c3=O)c1. The number of hydrogen-bond acceptors (Lipinski definition) is 3. The van der Waals surface area contributed by atoms with Crippen molar-refractivity contribution in [3.63, 3.8) is 0 Å². The van der Waals surface area contributed by atoms with Gasteiger partial charge in [0.05, 0.1) is 7.11 Å². The van der Waals surface area contributed by atoms with E-state index >= 15 is 0 Å². The highest BCUT2D eigenvalue weighted by Gasteiger charge is 2.27. The summed E-state index contributed by atoms with van der Waals surface area (Å²) in [5.41, 5.74) is 1.76.